The summed E-state index contributed by atoms with van der Waals surface area (Å²) >= 11 is 1.41. The van der Waals surface area contributed by atoms with Gasteiger partial charge in [0.25, 0.3) is 0 Å². The van der Waals surface area contributed by atoms with E-state index in [-0.39, 0.29) is 17.8 Å². The van der Waals surface area contributed by atoms with E-state index in [0.717, 1.165) is 29.6 Å². The highest BCUT2D eigenvalue weighted by Crippen LogP contribution is 2.33. The lowest BCUT2D eigenvalue weighted by Gasteiger charge is -2.26. The van der Waals surface area contributed by atoms with Gasteiger partial charge in [0.05, 0.1) is 12.3 Å². The normalized spacial score (nSPS) is 18.7. The fraction of sp³-hybridized carbons (Fsp3) is 0.500. The Bertz CT molecular complexity index is 879. The Morgan fingerprint density at radius 3 is 2.83 bits per heavy atom. The molecule has 2 aromatic rings. The van der Waals surface area contributed by atoms with Crippen LogP contribution < -0.4 is 14.8 Å². The van der Waals surface area contributed by atoms with Gasteiger partial charge in [0, 0.05) is 12.5 Å². The molecule has 0 unspecified atom stereocenters. The third-order valence-corrected chi connectivity index (χ3v) is 6.42. The topological polar surface area (TPSA) is 78.3 Å². The second-order valence-electron chi connectivity index (χ2n) is 7.67. The van der Waals surface area contributed by atoms with Crippen LogP contribution in [0.3, 0.4) is 0 Å². The van der Waals surface area contributed by atoms with Crippen LogP contribution in [0.4, 0.5) is 0 Å². The van der Waals surface area contributed by atoms with Crippen molar-refractivity contribution in [3.8, 4) is 11.5 Å². The van der Waals surface area contributed by atoms with Gasteiger partial charge in [-0.1, -0.05) is 49.2 Å². The summed E-state index contributed by atoms with van der Waals surface area (Å²) in [6, 6.07) is 7.56. The number of aromatic nitrogens is 3. The largest absolute Gasteiger partial charge is 0.486 e. The number of benzene rings is 1. The van der Waals surface area contributed by atoms with E-state index in [2.05, 4.69) is 26.7 Å². The van der Waals surface area contributed by atoms with Gasteiger partial charge in [0.1, 0.15) is 18.5 Å². The van der Waals surface area contributed by atoms with Gasteiger partial charge < -0.3 is 19.4 Å². The molecular formula is C22H28N4O3S. The van der Waals surface area contributed by atoms with E-state index < -0.39 is 0 Å². The van der Waals surface area contributed by atoms with Gasteiger partial charge in [-0.15, -0.1) is 16.8 Å². The van der Waals surface area contributed by atoms with E-state index in [1.54, 1.807) is 0 Å². The van der Waals surface area contributed by atoms with Crippen LogP contribution >= 0.6 is 11.8 Å². The maximum absolute atomic E-state index is 12.4. The number of allylic oxidation sites excluding steroid dienone is 1. The molecule has 0 spiro atoms. The number of hydrogen-bond acceptors (Lipinski definition) is 6. The van der Waals surface area contributed by atoms with Gasteiger partial charge in [0.15, 0.2) is 16.7 Å². The summed E-state index contributed by atoms with van der Waals surface area (Å²) in [5, 5.41) is 12.5. The van der Waals surface area contributed by atoms with Crippen molar-refractivity contribution < 1.29 is 14.3 Å². The maximum atomic E-state index is 12.4. The van der Waals surface area contributed by atoms with Gasteiger partial charge >= 0.3 is 0 Å². The monoisotopic (exact) mass is 428 g/mol. The van der Waals surface area contributed by atoms with Crippen molar-refractivity contribution in [1.82, 2.24) is 20.1 Å². The molecule has 30 heavy (non-hydrogen) atoms. The minimum atomic E-state index is -0.198. The van der Waals surface area contributed by atoms with Crippen LogP contribution in [0.5, 0.6) is 11.5 Å². The van der Waals surface area contributed by atoms with Crippen molar-refractivity contribution in [1.29, 1.82) is 0 Å². The SMILES string of the molecule is C=CCn1c(SCC(=O)NC[C@@H]2COc3ccccc3O2)nnc1C1CCCCC1. The number of carbonyl (C=O) groups is 1. The van der Waals surface area contributed by atoms with Crippen LogP contribution in [0.1, 0.15) is 43.8 Å². The van der Waals surface area contributed by atoms with Crippen LogP contribution in [0, 0.1) is 0 Å². The van der Waals surface area contributed by atoms with Crippen LogP contribution in [0.15, 0.2) is 42.1 Å². The summed E-state index contributed by atoms with van der Waals surface area (Å²) in [6.45, 7) is 5.35. The number of thioether (sulfide) groups is 1. The van der Waals surface area contributed by atoms with E-state index >= 15 is 0 Å². The van der Waals surface area contributed by atoms with Gasteiger partial charge in [-0.3, -0.25) is 4.79 Å². The van der Waals surface area contributed by atoms with Crippen LogP contribution in [0.25, 0.3) is 0 Å². The van der Waals surface area contributed by atoms with E-state index in [0.29, 0.717) is 31.4 Å². The molecule has 1 aromatic heterocycles. The second kappa shape index (κ2) is 10.0. The average Bonchev–Trinajstić information content (AvgIpc) is 3.19. The van der Waals surface area contributed by atoms with Crippen molar-refractivity contribution in [2.45, 2.75) is 55.8 Å². The Morgan fingerprint density at radius 1 is 1.23 bits per heavy atom. The van der Waals surface area contributed by atoms with Gasteiger partial charge in [-0.25, -0.2) is 0 Å². The van der Waals surface area contributed by atoms with Crippen molar-refractivity contribution in [3.05, 3.63) is 42.7 Å². The number of nitrogens with one attached hydrogen (secondary N) is 1. The van der Waals surface area contributed by atoms with Gasteiger partial charge in [0.2, 0.25) is 5.91 Å². The van der Waals surface area contributed by atoms with Crippen molar-refractivity contribution in [3.63, 3.8) is 0 Å². The predicted molar refractivity (Wildman–Crippen MR) is 116 cm³/mol. The molecule has 1 atom stereocenters. The van der Waals surface area contributed by atoms with Crippen LogP contribution in [-0.2, 0) is 11.3 Å². The number of rotatable bonds is 8. The highest BCUT2D eigenvalue weighted by atomic mass is 32.2. The Labute approximate surface area is 181 Å². The standard InChI is InChI=1S/C22H28N4O3S/c1-2-12-26-21(16-8-4-3-5-9-16)24-25-22(26)30-15-20(27)23-13-17-14-28-18-10-6-7-11-19(18)29-17/h2,6-7,10-11,16-17H,1,3-5,8-9,12-15H2,(H,23,27)/t17-/m1/s1. The maximum Gasteiger partial charge on any atom is 0.230 e. The highest BCUT2D eigenvalue weighted by molar-refractivity contribution is 7.99. The molecule has 1 N–H and O–H groups in total. The number of para-hydroxylation sites is 2. The molecule has 1 aliphatic heterocycles. The Balaban J connectivity index is 1.28. The Kier molecular flexibility index (Phi) is 6.94. The zero-order valence-electron chi connectivity index (χ0n) is 17.1. The molecule has 0 radical (unpaired) electrons. The molecule has 4 rings (SSSR count). The number of amides is 1. The first-order valence-corrected chi connectivity index (χ1v) is 11.5. The Morgan fingerprint density at radius 2 is 2.03 bits per heavy atom. The van der Waals surface area contributed by atoms with Gasteiger partial charge in [-0.2, -0.15) is 0 Å². The molecule has 0 bridgehead atoms. The molecule has 160 valence electrons. The summed E-state index contributed by atoms with van der Waals surface area (Å²) in [5.41, 5.74) is 0. The molecule has 2 heterocycles. The molecule has 7 nitrogen and oxygen atoms in total. The zero-order valence-corrected chi connectivity index (χ0v) is 17.9. The minimum absolute atomic E-state index is 0.0603. The summed E-state index contributed by atoms with van der Waals surface area (Å²) in [5.74, 6) is 3.17. The fourth-order valence-electron chi connectivity index (χ4n) is 3.94. The molecule has 0 saturated heterocycles. The molecule has 8 heteroatoms. The van der Waals surface area contributed by atoms with E-state index in [4.69, 9.17) is 9.47 Å². The number of carbonyl (C=O) groups excluding carboxylic acids is 1. The Hall–Kier alpha value is -2.48. The van der Waals surface area contributed by atoms with Crippen molar-refractivity contribution in [2.24, 2.45) is 0 Å². The zero-order chi connectivity index (χ0) is 20.8. The molecule has 2 aliphatic rings. The summed E-state index contributed by atoms with van der Waals surface area (Å²) < 4.78 is 13.7. The first-order chi connectivity index (χ1) is 14.7. The minimum Gasteiger partial charge on any atom is -0.486 e. The second-order valence-corrected chi connectivity index (χ2v) is 8.61. The van der Waals surface area contributed by atoms with Gasteiger partial charge in [-0.05, 0) is 25.0 Å². The molecular weight excluding hydrogens is 400 g/mol. The van der Waals surface area contributed by atoms with E-state index in [1.165, 1.54) is 31.0 Å². The lowest BCUT2D eigenvalue weighted by Crippen LogP contribution is -2.41. The smallest absolute Gasteiger partial charge is 0.230 e. The molecule has 1 saturated carbocycles. The van der Waals surface area contributed by atoms with E-state index in [9.17, 15) is 4.79 Å². The number of nitrogens with zero attached hydrogens (tertiary/aromatic N) is 3. The quantitative estimate of drug-likeness (QED) is 0.512. The first kappa shape index (κ1) is 20.8. The lowest BCUT2D eigenvalue weighted by molar-refractivity contribution is -0.119. The summed E-state index contributed by atoms with van der Waals surface area (Å²) in [7, 11) is 0. The van der Waals surface area contributed by atoms with Crippen molar-refractivity contribution >= 4 is 17.7 Å². The lowest BCUT2D eigenvalue weighted by atomic mass is 9.89. The highest BCUT2D eigenvalue weighted by Gasteiger charge is 2.24. The summed E-state index contributed by atoms with van der Waals surface area (Å²) in [4.78, 5) is 12.4. The van der Waals surface area contributed by atoms with Crippen LogP contribution in [-0.4, -0.2) is 45.7 Å². The third kappa shape index (κ3) is 4.98. The van der Waals surface area contributed by atoms with Crippen molar-refractivity contribution in [2.75, 3.05) is 18.9 Å². The first-order valence-electron chi connectivity index (χ1n) is 10.6. The fourth-order valence-corrected chi connectivity index (χ4v) is 4.73. The number of fused-ring (bicyclic) bond motifs is 1. The number of ether oxygens (including phenoxy) is 2. The molecule has 1 aromatic carbocycles. The molecule has 1 fully saturated rings. The number of hydrogen-bond donors (Lipinski definition) is 1. The third-order valence-electron chi connectivity index (χ3n) is 5.45. The molecule has 1 aliphatic carbocycles. The average molecular weight is 429 g/mol. The van der Waals surface area contributed by atoms with Crippen LogP contribution in [0.2, 0.25) is 0 Å². The molecule has 1 amide bonds. The summed E-state index contributed by atoms with van der Waals surface area (Å²) in [6.07, 6.45) is 7.77. The van der Waals surface area contributed by atoms with E-state index in [1.807, 2.05) is 30.3 Å². The predicted octanol–water partition coefficient (Wildman–Crippen LogP) is 3.56.